The van der Waals surface area contributed by atoms with Gasteiger partial charge in [0.2, 0.25) is 0 Å². The second kappa shape index (κ2) is 8.08. The maximum atomic E-state index is 12.6. The Balaban J connectivity index is 1.59. The standard InChI is InChI=1S/C16H20Cl2N2O2S/c17-13-2-1-12(9-14(13)18)10-19-3-6-22-15(11-19)16(21)20-4-7-23-8-5-20/h1-2,9,15H,3-8,10-11H2. The molecule has 0 aliphatic carbocycles. The van der Waals surface area contributed by atoms with Gasteiger partial charge in [0.05, 0.1) is 16.7 Å². The summed E-state index contributed by atoms with van der Waals surface area (Å²) in [4.78, 5) is 16.8. The Morgan fingerprint density at radius 2 is 2.00 bits per heavy atom. The van der Waals surface area contributed by atoms with Crippen LogP contribution < -0.4 is 0 Å². The minimum atomic E-state index is -0.352. The maximum absolute atomic E-state index is 12.6. The summed E-state index contributed by atoms with van der Waals surface area (Å²) >= 11 is 13.9. The molecule has 1 unspecified atom stereocenters. The molecule has 2 fully saturated rings. The Morgan fingerprint density at radius 3 is 2.74 bits per heavy atom. The molecule has 2 aliphatic rings. The minimum Gasteiger partial charge on any atom is -0.366 e. The van der Waals surface area contributed by atoms with Crippen LogP contribution in [0.5, 0.6) is 0 Å². The van der Waals surface area contributed by atoms with E-state index in [0.29, 0.717) is 23.2 Å². The van der Waals surface area contributed by atoms with E-state index in [0.717, 1.165) is 43.2 Å². The molecule has 0 bridgehead atoms. The first-order valence-electron chi connectivity index (χ1n) is 7.78. The highest BCUT2D eigenvalue weighted by atomic mass is 35.5. The second-order valence-corrected chi connectivity index (χ2v) is 7.82. The first-order chi connectivity index (χ1) is 11.1. The normalized spacial score (nSPS) is 23.0. The van der Waals surface area contributed by atoms with Crippen LogP contribution in [0.25, 0.3) is 0 Å². The van der Waals surface area contributed by atoms with Crippen LogP contribution in [-0.4, -0.2) is 66.1 Å². The number of thioether (sulfide) groups is 1. The molecule has 0 saturated carbocycles. The first kappa shape index (κ1) is 17.4. The third kappa shape index (κ3) is 4.54. The monoisotopic (exact) mass is 374 g/mol. The lowest BCUT2D eigenvalue weighted by molar-refractivity contribution is -0.149. The van der Waals surface area contributed by atoms with Gasteiger partial charge >= 0.3 is 0 Å². The lowest BCUT2D eigenvalue weighted by Gasteiger charge is -2.36. The molecule has 1 aromatic rings. The minimum absolute atomic E-state index is 0.129. The van der Waals surface area contributed by atoms with E-state index in [2.05, 4.69) is 4.90 Å². The van der Waals surface area contributed by atoms with Crippen molar-refractivity contribution in [2.45, 2.75) is 12.6 Å². The van der Waals surface area contributed by atoms with Gasteiger partial charge in [-0.1, -0.05) is 29.3 Å². The molecule has 2 aliphatic heterocycles. The number of carbonyl (C=O) groups is 1. The summed E-state index contributed by atoms with van der Waals surface area (Å²) < 4.78 is 5.72. The highest BCUT2D eigenvalue weighted by molar-refractivity contribution is 7.99. The van der Waals surface area contributed by atoms with Gasteiger partial charge < -0.3 is 9.64 Å². The van der Waals surface area contributed by atoms with Crippen LogP contribution in [0.1, 0.15) is 5.56 Å². The molecule has 4 nitrogen and oxygen atoms in total. The summed E-state index contributed by atoms with van der Waals surface area (Å²) in [5, 5.41) is 1.13. The van der Waals surface area contributed by atoms with Gasteiger partial charge in [-0.25, -0.2) is 0 Å². The molecule has 23 heavy (non-hydrogen) atoms. The second-order valence-electron chi connectivity index (χ2n) is 5.78. The number of nitrogens with zero attached hydrogens (tertiary/aromatic N) is 2. The molecular weight excluding hydrogens is 355 g/mol. The van der Waals surface area contributed by atoms with E-state index in [1.165, 1.54) is 0 Å². The fourth-order valence-corrected chi connectivity index (χ4v) is 4.10. The van der Waals surface area contributed by atoms with Crippen molar-refractivity contribution in [2.24, 2.45) is 0 Å². The van der Waals surface area contributed by atoms with Gasteiger partial charge in [-0.15, -0.1) is 0 Å². The molecule has 2 heterocycles. The zero-order valence-corrected chi connectivity index (χ0v) is 15.2. The van der Waals surface area contributed by atoms with Gasteiger partial charge in [-0.3, -0.25) is 9.69 Å². The van der Waals surface area contributed by atoms with Gasteiger partial charge in [0, 0.05) is 44.2 Å². The van der Waals surface area contributed by atoms with E-state index in [1.54, 1.807) is 0 Å². The van der Waals surface area contributed by atoms with E-state index in [4.69, 9.17) is 27.9 Å². The average molecular weight is 375 g/mol. The number of halogens is 2. The van der Waals surface area contributed by atoms with Crippen molar-refractivity contribution in [1.82, 2.24) is 9.80 Å². The van der Waals surface area contributed by atoms with Crippen LogP contribution >= 0.6 is 35.0 Å². The summed E-state index contributed by atoms with van der Waals surface area (Å²) in [5.41, 5.74) is 1.10. The zero-order chi connectivity index (χ0) is 16.2. The van der Waals surface area contributed by atoms with Crippen molar-refractivity contribution < 1.29 is 9.53 Å². The maximum Gasteiger partial charge on any atom is 0.253 e. The number of benzene rings is 1. The molecular formula is C16H20Cl2N2O2S. The van der Waals surface area contributed by atoms with Gasteiger partial charge in [-0.05, 0) is 17.7 Å². The van der Waals surface area contributed by atoms with E-state index in [1.807, 2.05) is 34.9 Å². The van der Waals surface area contributed by atoms with Gasteiger partial charge in [-0.2, -0.15) is 11.8 Å². The van der Waals surface area contributed by atoms with E-state index < -0.39 is 0 Å². The predicted octanol–water partition coefficient (Wildman–Crippen LogP) is 2.77. The molecule has 1 aromatic carbocycles. The number of hydrogen-bond acceptors (Lipinski definition) is 4. The third-order valence-electron chi connectivity index (χ3n) is 4.14. The number of ether oxygens (including phenoxy) is 1. The highest BCUT2D eigenvalue weighted by Gasteiger charge is 2.30. The van der Waals surface area contributed by atoms with Crippen LogP contribution in [0.3, 0.4) is 0 Å². The number of amides is 1. The fraction of sp³-hybridized carbons (Fsp3) is 0.562. The molecule has 126 valence electrons. The molecule has 0 aromatic heterocycles. The summed E-state index contributed by atoms with van der Waals surface area (Å²) in [6, 6.07) is 5.67. The zero-order valence-electron chi connectivity index (χ0n) is 12.8. The van der Waals surface area contributed by atoms with E-state index in [-0.39, 0.29) is 12.0 Å². The Morgan fingerprint density at radius 1 is 1.22 bits per heavy atom. The highest BCUT2D eigenvalue weighted by Crippen LogP contribution is 2.24. The SMILES string of the molecule is O=C(C1CN(Cc2ccc(Cl)c(Cl)c2)CCO1)N1CCSCC1. The Kier molecular flexibility index (Phi) is 6.10. The summed E-state index contributed by atoms with van der Waals surface area (Å²) in [5.74, 6) is 2.17. The smallest absolute Gasteiger partial charge is 0.253 e. The van der Waals surface area contributed by atoms with Crippen LogP contribution in [0.2, 0.25) is 10.0 Å². The van der Waals surface area contributed by atoms with Crippen molar-refractivity contribution in [1.29, 1.82) is 0 Å². The van der Waals surface area contributed by atoms with Gasteiger partial charge in [0.25, 0.3) is 5.91 Å². The van der Waals surface area contributed by atoms with Crippen molar-refractivity contribution >= 4 is 40.9 Å². The van der Waals surface area contributed by atoms with Crippen LogP contribution in [0.15, 0.2) is 18.2 Å². The van der Waals surface area contributed by atoms with Gasteiger partial charge in [0.1, 0.15) is 6.10 Å². The van der Waals surface area contributed by atoms with Crippen molar-refractivity contribution in [3.05, 3.63) is 33.8 Å². The number of hydrogen-bond donors (Lipinski definition) is 0. The van der Waals surface area contributed by atoms with Crippen LogP contribution in [-0.2, 0) is 16.1 Å². The Labute approximate surface area is 151 Å². The van der Waals surface area contributed by atoms with Gasteiger partial charge in [0.15, 0.2) is 0 Å². The molecule has 0 spiro atoms. The lowest BCUT2D eigenvalue weighted by atomic mass is 10.1. The molecule has 1 atom stereocenters. The molecule has 0 N–H and O–H groups in total. The van der Waals surface area contributed by atoms with Crippen LogP contribution in [0, 0.1) is 0 Å². The molecule has 1 amide bonds. The lowest BCUT2D eigenvalue weighted by Crippen LogP contribution is -2.52. The molecule has 7 heteroatoms. The largest absolute Gasteiger partial charge is 0.366 e. The van der Waals surface area contributed by atoms with E-state index >= 15 is 0 Å². The van der Waals surface area contributed by atoms with Crippen molar-refractivity contribution in [2.75, 3.05) is 44.3 Å². The predicted molar refractivity (Wildman–Crippen MR) is 95.4 cm³/mol. The number of rotatable bonds is 3. The number of morpholine rings is 1. The average Bonchev–Trinajstić information content (AvgIpc) is 2.58. The quantitative estimate of drug-likeness (QED) is 0.814. The molecule has 0 radical (unpaired) electrons. The van der Waals surface area contributed by atoms with Crippen molar-refractivity contribution in [3.8, 4) is 0 Å². The summed E-state index contributed by atoms with van der Waals surface area (Å²) in [6.07, 6.45) is -0.352. The van der Waals surface area contributed by atoms with E-state index in [9.17, 15) is 4.79 Å². The fourth-order valence-electron chi connectivity index (χ4n) is 2.88. The topological polar surface area (TPSA) is 32.8 Å². The summed E-state index contributed by atoms with van der Waals surface area (Å²) in [7, 11) is 0. The third-order valence-corrected chi connectivity index (χ3v) is 5.82. The molecule has 2 saturated heterocycles. The Hall–Kier alpha value is -0.460. The molecule has 3 rings (SSSR count). The van der Waals surface area contributed by atoms with Crippen LogP contribution in [0.4, 0.5) is 0 Å². The first-order valence-corrected chi connectivity index (χ1v) is 9.69. The van der Waals surface area contributed by atoms with Crippen molar-refractivity contribution in [3.63, 3.8) is 0 Å². The number of carbonyl (C=O) groups excluding carboxylic acids is 1. The summed E-state index contributed by atoms with van der Waals surface area (Å²) in [6.45, 7) is 4.44. The Bertz CT molecular complexity index is 567.